The number of ether oxygens (including phenoxy) is 2. The van der Waals surface area contributed by atoms with Crippen LogP contribution < -0.4 is 0 Å². The van der Waals surface area contributed by atoms with Gasteiger partial charge in [0.05, 0.1) is 6.61 Å². The van der Waals surface area contributed by atoms with Crippen LogP contribution in [0.25, 0.3) is 0 Å². The van der Waals surface area contributed by atoms with Gasteiger partial charge < -0.3 is 9.47 Å². The third kappa shape index (κ3) is 4.32. The SMILES string of the molecule is CCOC(=O)/C(C)=C/[C@@]12CC[C@]3(C)[C@H](CC[C@@H]4[C@@]5(C)CC[C@H](OC(C)=O)C(C)(C)[C@@H]5CC[C@]43C)C1=C(C(C)C)C(=O)C2. The van der Waals surface area contributed by atoms with Crippen molar-refractivity contribution in [3.8, 4) is 0 Å². The number of carbonyl (C=O) groups is 3. The molecule has 0 bridgehead atoms. The van der Waals surface area contributed by atoms with Gasteiger partial charge in [0, 0.05) is 29.7 Å². The van der Waals surface area contributed by atoms with E-state index in [0.717, 1.165) is 50.5 Å². The Morgan fingerprint density at radius 3 is 2.21 bits per heavy atom. The summed E-state index contributed by atoms with van der Waals surface area (Å²) < 4.78 is 11.3. The van der Waals surface area contributed by atoms with Gasteiger partial charge in [-0.1, -0.05) is 54.5 Å². The van der Waals surface area contributed by atoms with E-state index in [9.17, 15) is 14.4 Å². The maximum atomic E-state index is 13.8. The number of Topliss-reactive ketones (excluding diaryl/α,β-unsaturated/α-hetero) is 1. The summed E-state index contributed by atoms with van der Waals surface area (Å²) in [4.78, 5) is 38.5. The molecular formula is C37H56O5. The summed E-state index contributed by atoms with van der Waals surface area (Å²) in [6.45, 7) is 22.4. The molecule has 0 aromatic rings. The number of rotatable bonds is 5. The molecule has 5 rings (SSSR count). The molecular weight excluding hydrogens is 524 g/mol. The summed E-state index contributed by atoms with van der Waals surface area (Å²) >= 11 is 0. The summed E-state index contributed by atoms with van der Waals surface area (Å²) in [5.74, 6) is 1.47. The van der Waals surface area contributed by atoms with Crippen molar-refractivity contribution in [3.05, 3.63) is 22.8 Å². The van der Waals surface area contributed by atoms with E-state index in [2.05, 4.69) is 54.5 Å². The minimum Gasteiger partial charge on any atom is -0.463 e. The van der Waals surface area contributed by atoms with Gasteiger partial charge in [-0.15, -0.1) is 0 Å². The Morgan fingerprint density at radius 2 is 1.60 bits per heavy atom. The predicted octanol–water partition coefficient (Wildman–Crippen LogP) is 8.41. The predicted molar refractivity (Wildman–Crippen MR) is 165 cm³/mol. The van der Waals surface area contributed by atoms with Crippen LogP contribution in [0.4, 0.5) is 0 Å². The molecule has 0 spiro atoms. The second-order valence-electron chi connectivity index (χ2n) is 16.4. The minimum absolute atomic E-state index is 0.0164. The maximum Gasteiger partial charge on any atom is 0.333 e. The fourth-order valence-corrected chi connectivity index (χ4v) is 11.9. The van der Waals surface area contributed by atoms with Crippen molar-refractivity contribution in [3.63, 3.8) is 0 Å². The highest BCUT2D eigenvalue weighted by Crippen LogP contribution is 2.77. The van der Waals surface area contributed by atoms with Gasteiger partial charge in [-0.2, -0.15) is 0 Å². The van der Waals surface area contributed by atoms with Gasteiger partial charge in [0.15, 0.2) is 5.78 Å². The summed E-state index contributed by atoms with van der Waals surface area (Å²) in [6.07, 6.45) is 11.2. The molecule has 0 N–H and O–H groups in total. The number of ketones is 1. The Bertz CT molecular complexity index is 1220. The Labute approximate surface area is 254 Å². The zero-order valence-electron chi connectivity index (χ0n) is 28.1. The van der Waals surface area contributed by atoms with Crippen molar-refractivity contribution in [2.45, 2.75) is 133 Å². The van der Waals surface area contributed by atoms with Crippen LogP contribution in [-0.2, 0) is 23.9 Å². The number of carbonyl (C=O) groups excluding carboxylic acids is 3. The highest BCUT2D eigenvalue weighted by Gasteiger charge is 2.70. The van der Waals surface area contributed by atoms with E-state index in [4.69, 9.17) is 9.47 Å². The first-order chi connectivity index (χ1) is 19.5. The van der Waals surface area contributed by atoms with Gasteiger partial charge in [0.2, 0.25) is 0 Å². The smallest absolute Gasteiger partial charge is 0.333 e. The molecule has 0 amide bonds. The molecule has 0 saturated heterocycles. The molecule has 42 heavy (non-hydrogen) atoms. The van der Waals surface area contributed by atoms with Crippen LogP contribution in [0.15, 0.2) is 22.8 Å². The largest absolute Gasteiger partial charge is 0.463 e. The molecule has 0 aromatic heterocycles. The summed E-state index contributed by atoms with van der Waals surface area (Å²) in [5, 5.41) is 0. The Morgan fingerprint density at radius 1 is 0.905 bits per heavy atom. The molecule has 4 saturated carbocycles. The van der Waals surface area contributed by atoms with E-state index in [1.165, 1.54) is 12.0 Å². The van der Waals surface area contributed by atoms with E-state index in [1.54, 1.807) is 6.92 Å². The summed E-state index contributed by atoms with van der Waals surface area (Å²) in [6, 6.07) is 0. The number of hydrogen-bond acceptors (Lipinski definition) is 5. The van der Waals surface area contributed by atoms with Crippen molar-refractivity contribution in [1.82, 2.24) is 0 Å². The lowest BCUT2D eigenvalue weighted by molar-refractivity contribution is -0.232. The van der Waals surface area contributed by atoms with E-state index in [-0.39, 0.29) is 56.8 Å². The van der Waals surface area contributed by atoms with Gasteiger partial charge in [0.1, 0.15) is 6.10 Å². The minimum atomic E-state index is -0.369. The summed E-state index contributed by atoms with van der Waals surface area (Å²) in [5.41, 5.74) is 3.04. The Kier molecular flexibility index (Phi) is 7.75. The molecule has 0 radical (unpaired) electrons. The third-order valence-electron chi connectivity index (χ3n) is 13.8. The lowest BCUT2D eigenvalue weighted by Gasteiger charge is -2.72. The molecule has 5 aliphatic carbocycles. The highest BCUT2D eigenvalue weighted by atomic mass is 16.5. The highest BCUT2D eigenvalue weighted by molar-refractivity contribution is 6.01. The first kappa shape index (κ1) is 31.5. The Hall–Kier alpha value is -1.91. The van der Waals surface area contributed by atoms with Crippen LogP contribution in [0.5, 0.6) is 0 Å². The topological polar surface area (TPSA) is 69.7 Å². The van der Waals surface area contributed by atoms with E-state index in [0.29, 0.717) is 36.4 Å². The number of allylic oxidation sites excluding steroid dienone is 3. The second-order valence-corrected chi connectivity index (χ2v) is 16.4. The molecule has 0 aromatic carbocycles. The van der Waals surface area contributed by atoms with Crippen molar-refractivity contribution in [2.75, 3.05) is 6.61 Å². The van der Waals surface area contributed by atoms with Gasteiger partial charge in [-0.05, 0) is 116 Å². The Balaban J connectivity index is 1.56. The van der Waals surface area contributed by atoms with E-state index >= 15 is 0 Å². The molecule has 0 unspecified atom stereocenters. The molecule has 5 aliphatic rings. The third-order valence-corrected chi connectivity index (χ3v) is 13.8. The zero-order valence-corrected chi connectivity index (χ0v) is 28.1. The molecule has 8 atom stereocenters. The van der Waals surface area contributed by atoms with Crippen molar-refractivity contribution < 1.29 is 23.9 Å². The van der Waals surface area contributed by atoms with Crippen LogP contribution in [0.1, 0.15) is 127 Å². The molecule has 0 heterocycles. The fraction of sp³-hybridized carbons (Fsp3) is 0.811. The van der Waals surface area contributed by atoms with Gasteiger partial charge >= 0.3 is 11.9 Å². The lowest BCUT2D eigenvalue weighted by Crippen LogP contribution is -2.65. The average molecular weight is 581 g/mol. The van der Waals surface area contributed by atoms with Crippen LogP contribution in [0.2, 0.25) is 0 Å². The molecule has 4 fully saturated rings. The zero-order chi connectivity index (χ0) is 31.0. The van der Waals surface area contributed by atoms with Crippen molar-refractivity contribution in [1.29, 1.82) is 0 Å². The average Bonchev–Trinajstić information content (AvgIpc) is 3.18. The van der Waals surface area contributed by atoms with E-state index < -0.39 is 0 Å². The molecule has 5 heteroatoms. The standard InChI is InChI=1S/C37H56O5/c1-11-41-32(40)23(4)20-37-19-18-35(9)25(31(37)30(22(2)3)26(39)21-37)12-13-28-34(8)16-15-29(42-24(5)38)33(6,7)27(34)14-17-36(28,35)10/h20,22,25,27-29H,11-19,21H2,1-10H3/b23-20+/t25-,27+,28-,29+,34+,35-,36-,37-/m1/s1. The van der Waals surface area contributed by atoms with Gasteiger partial charge in [0.25, 0.3) is 0 Å². The van der Waals surface area contributed by atoms with Gasteiger partial charge in [-0.3, -0.25) is 9.59 Å². The molecule has 234 valence electrons. The number of hydrogen-bond donors (Lipinski definition) is 0. The van der Waals surface area contributed by atoms with Crippen molar-refractivity contribution in [2.24, 2.45) is 50.7 Å². The van der Waals surface area contributed by atoms with Crippen LogP contribution >= 0.6 is 0 Å². The van der Waals surface area contributed by atoms with Crippen LogP contribution in [0, 0.1) is 50.7 Å². The van der Waals surface area contributed by atoms with Crippen LogP contribution in [-0.4, -0.2) is 30.4 Å². The van der Waals surface area contributed by atoms with Crippen molar-refractivity contribution >= 4 is 17.7 Å². The normalized spacial score (nSPS) is 42.8. The molecule has 0 aliphatic heterocycles. The van der Waals surface area contributed by atoms with E-state index in [1.807, 2.05) is 13.8 Å². The first-order valence-electron chi connectivity index (χ1n) is 16.8. The molecule has 5 nitrogen and oxygen atoms in total. The van der Waals surface area contributed by atoms with Crippen LogP contribution in [0.3, 0.4) is 0 Å². The first-order valence-corrected chi connectivity index (χ1v) is 16.8. The second kappa shape index (κ2) is 10.3. The lowest BCUT2D eigenvalue weighted by atomic mass is 9.33. The maximum absolute atomic E-state index is 13.8. The van der Waals surface area contributed by atoms with Gasteiger partial charge in [-0.25, -0.2) is 4.79 Å². The fourth-order valence-electron chi connectivity index (χ4n) is 11.9. The quantitative estimate of drug-likeness (QED) is 0.241. The summed E-state index contributed by atoms with van der Waals surface area (Å²) in [7, 11) is 0. The number of fused-ring (bicyclic) bond motifs is 7. The monoisotopic (exact) mass is 580 g/mol. The number of esters is 2.